The molecule has 2 unspecified atom stereocenters. The SMILES string of the molecule is [CH2]C1(c2ccc(F)cc2)OC1c1cc(Cl)sc1Cl. The van der Waals surface area contributed by atoms with Crippen molar-refractivity contribution in [1.82, 2.24) is 0 Å². The molecule has 5 heteroatoms. The number of ether oxygens (including phenoxy) is 1. The number of epoxide rings is 1. The van der Waals surface area contributed by atoms with Gasteiger partial charge in [0.25, 0.3) is 0 Å². The number of rotatable bonds is 2. The Morgan fingerprint density at radius 3 is 2.50 bits per heavy atom. The van der Waals surface area contributed by atoms with Gasteiger partial charge in [0.2, 0.25) is 0 Å². The maximum atomic E-state index is 12.9. The standard InChI is InChI=1S/C13H8Cl2FOS/c1-13(7-2-4-8(16)5-3-7)11(17-13)9-6-10(14)18-12(9)15/h2-6,11H,1H2. The monoisotopic (exact) mass is 301 g/mol. The van der Waals surface area contributed by atoms with Gasteiger partial charge < -0.3 is 4.74 Å². The van der Waals surface area contributed by atoms with Gasteiger partial charge in [-0.05, 0) is 30.7 Å². The Hall–Kier alpha value is -0.610. The van der Waals surface area contributed by atoms with Gasteiger partial charge in [-0.25, -0.2) is 4.39 Å². The molecule has 3 rings (SSSR count). The first-order chi connectivity index (χ1) is 8.50. The molecule has 1 saturated heterocycles. The minimum atomic E-state index is -0.693. The molecule has 0 aliphatic carbocycles. The Morgan fingerprint density at radius 1 is 1.28 bits per heavy atom. The van der Waals surface area contributed by atoms with E-state index in [2.05, 4.69) is 6.92 Å². The van der Waals surface area contributed by atoms with Gasteiger partial charge in [-0.15, -0.1) is 11.3 Å². The predicted octanol–water partition coefficient (Wildman–Crippen LogP) is 4.99. The number of hydrogen-bond acceptors (Lipinski definition) is 2. The van der Waals surface area contributed by atoms with Crippen LogP contribution in [0.2, 0.25) is 8.67 Å². The molecule has 1 aromatic carbocycles. The lowest BCUT2D eigenvalue weighted by molar-refractivity contribution is 0.333. The Labute approximate surface area is 118 Å². The predicted molar refractivity (Wildman–Crippen MR) is 71.6 cm³/mol. The van der Waals surface area contributed by atoms with Gasteiger partial charge in [0, 0.05) is 5.56 Å². The minimum absolute atomic E-state index is 0.223. The van der Waals surface area contributed by atoms with E-state index in [0.717, 1.165) is 11.1 Å². The average molecular weight is 302 g/mol. The molecule has 2 atom stereocenters. The molecule has 1 radical (unpaired) electrons. The first-order valence-corrected chi connectivity index (χ1v) is 6.82. The Bertz CT molecular complexity index is 596. The molecule has 1 nitrogen and oxygen atoms in total. The largest absolute Gasteiger partial charge is 0.356 e. The number of hydrogen-bond donors (Lipinski definition) is 0. The van der Waals surface area contributed by atoms with Gasteiger partial charge in [-0.3, -0.25) is 0 Å². The van der Waals surface area contributed by atoms with Crippen molar-refractivity contribution in [2.24, 2.45) is 0 Å². The highest BCUT2D eigenvalue weighted by Gasteiger charge is 2.55. The van der Waals surface area contributed by atoms with Crippen molar-refractivity contribution in [2.45, 2.75) is 11.7 Å². The van der Waals surface area contributed by atoms with Crippen LogP contribution in [0.1, 0.15) is 17.2 Å². The summed E-state index contributed by atoms with van der Waals surface area (Å²) in [5.41, 5.74) is 0.972. The first kappa shape index (κ1) is 12.4. The normalized spacial score (nSPS) is 26.3. The van der Waals surface area contributed by atoms with Gasteiger partial charge in [-0.1, -0.05) is 35.3 Å². The minimum Gasteiger partial charge on any atom is -0.356 e. The van der Waals surface area contributed by atoms with E-state index in [-0.39, 0.29) is 11.9 Å². The van der Waals surface area contributed by atoms with Gasteiger partial charge >= 0.3 is 0 Å². The fraction of sp³-hybridized carbons (Fsp3) is 0.154. The van der Waals surface area contributed by atoms with Crippen molar-refractivity contribution in [1.29, 1.82) is 0 Å². The fourth-order valence-electron chi connectivity index (χ4n) is 1.97. The van der Waals surface area contributed by atoms with Gasteiger partial charge in [0.05, 0.1) is 4.34 Å². The van der Waals surface area contributed by atoms with Crippen molar-refractivity contribution < 1.29 is 9.13 Å². The fourth-order valence-corrected chi connectivity index (χ4v) is 3.49. The summed E-state index contributed by atoms with van der Waals surface area (Å²) in [6, 6.07) is 7.91. The van der Waals surface area contributed by atoms with Crippen LogP contribution >= 0.6 is 34.5 Å². The van der Waals surface area contributed by atoms with Gasteiger partial charge in [0.15, 0.2) is 0 Å². The quantitative estimate of drug-likeness (QED) is 0.712. The topological polar surface area (TPSA) is 12.5 Å². The zero-order chi connectivity index (χ0) is 12.9. The van der Waals surface area contributed by atoms with E-state index in [1.807, 2.05) is 0 Å². The lowest BCUT2D eigenvalue weighted by Gasteiger charge is -2.06. The highest BCUT2D eigenvalue weighted by molar-refractivity contribution is 7.20. The second-order valence-corrected chi connectivity index (χ2v) is 6.46. The molecule has 0 amide bonds. The maximum Gasteiger partial charge on any atom is 0.125 e. The molecule has 2 heterocycles. The summed E-state index contributed by atoms with van der Waals surface area (Å²) in [7, 11) is 0. The molecule has 0 bridgehead atoms. The van der Waals surface area contributed by atoms with Crippen LogP contribution in [0, 0.1) is 12.7 Å². The van der Waals surface area contributed by atoms with Crippen LogP contribution in [-0.2, 0) is 10.3 Å². The summed E-state index contributed by atoms with van der Waals surface area (Å²) < 4.78 is 19.8. The number of thiophene rings is 1. The highest BCUT2D eigenvalue weighted by atomic mass is 35.5. The van der Waals surface area contributed by atoms with E-state index in [1.54, 1.807) is 18.2 Å². The second kappa shape index (κ2) is 4.20. The molecule has 93 valence electrons. The molecule has 1 aliphatic heterocycles. The molecule has 0 N–H and O–H groups in total. The maximum absolute atomic E-state index is 12.9. The Balaban J connectivity index is 1.92. The van der Waals surface area contributed by atoms with Crippen LogP contribution in [0.5, 0.6) is 0 Å². The van der Waals surface area contributed by atoms with Crippen LogP contribution in [0.25, 0.3) is 0 Å². The van der Waals surface area contributed by atoms with E-state index in [1.165, 1.54) is 23.5 Å². The van der Waals surface area contributed by atoms with E-state index >= 15 is 0 Å². The molecular weight excluding hydrogens is 294 g/mol. The summed E-state index contributed by atoms with van der Waals surface area (Å²) in [6.07, 6.45) is -0.223. The van der Waals surface area contributed by atoms with Crippen LogP contribution < -0.4 is 0 Å². The van der Waals surface area contributed by atoms with E-state index in [0.29, 0.717) is 8.67 Å². The summed E-state index contributed by atoms with van der Waals surface area (Å²) in [4.78, 5) is 0. The third-order valence-corrected chi connectivity index (χ3v) is 4.51. The molecule has 0 spiro atoms. The zero-order valence-corrected chi connectivity index (χ0v) is 11.4. The van der Waals surface area contributed by atoms with Crippen molar-refractivity contribution in [3.8, 4) is 0 Å². The van der Waals surface area contributed by atoms with Gasteiger partial charge in [0.1, 0.15) is 21.9 Å². The van der Waals surface area contributed by atoms with Gasteiger partial charge in [-0.2, -0.15) is 0 Å². The summed E-state index contributed by atoms with van der Waals surface area (Å²) in [5.74, 6) is -0.281. The average Bonchev–Trinajstić information content (AvgIpc) is 2.88. The lowest BCUT2D eigenvalue weighted by Crippen LogP contribution is -2.04. The van der Waals surface area contributed by atoms with Crippen LogP contribution in [-0.4, -0.2) is 0 Å². The molecular formula is C13H8Cl2FOS. The molecule has 18 heavy (non-hydrogen) atoms. The summed E-state index contributed by atoms with van der Waals surface area (Å²) in [5, 5.41) is 0. The lowest BCUT2D eigenvalue weighted by atomic mass is 9.95. The smallest absolute Gasteiger partial charge is 0.125 e. The Morgan fingerprint density at radius 2 is 1.94 bits per heavy atom. The molecule has 1 aromatic heterocycles. The van der Waals surface area contributed by atoms with Crippen molar-refractivity contribution in [3.63, 3.8) is 0 Å². The van der Waals surface area contributed by atoms with E-state index in [4.69, 9.17) is 27.9 Å². The van der Waals surface area contributed by atoms with E-state index < -0.39 is 5.60 Å². The zero-order valence-electron chi connectivity index (χ0n) is 9.12. The molecule has 0 saturated carbocycles. The van der Waals surface area contributed by atoms with Crippen molar-refractivity contribution in [2.75, 3.05) is 0 Å². The first-order valence-electron chi connectivity index (χ1n) is 5.24. The second-order valence-electron chi connectivity index (χ2n) is 4.17. The van der Waals surface area contributed by atoms with Crippen molar-refractivity contribution >= 4 is 34.5 Å². The Kier molecular flexibility index (Phi) is 2.90. The number of benzene rings is 1. The molecule has 2 aromatic rings. The third-order valence-electron chi connectivity index (χ3n) is 2.99. The third kappa shape index (κ3) is 1.95. The van der Waals surface area contributed by atoms with Crippen LogP contribution in [0.15, 0.2) is 30.3 Å². The number of halogens is 3. The molecule has 1 aliphatic rings. The van der Waals surface area contributed by atoms with Crippen LogP contribution in [0.4, 0.5) is 4.39 Å². The summed E-state index contributed by atoms with van der Waals surface area (Å²) in [6.45, 7) is 4.05. The molecule has 1 fully saturated rings. The van der Waals surface area contributed by atoms with E-state index in [9.17, 15) is 4.39 Å². The highest BCUT2D eigenvalue weighted by Crippen LogP contribution is 2.59. The van der Waals surface area contributed by atoms with Crippen molar-refractivity contribution in [3.05, 3.63) is 62.9 Å². The summed E-state index contributed by atoms with van der Waals surface area (Å²) >= 11 is 13.3. The van der Waals surface area contributed by atoms with Crippen LogP contribution in [0.3, 0.4) is 0 Å².